The van der Waals surface area contributed by atoms with Crippen molar-refractivity contribution < 1.29 is 4.79 Å². The maximum atomic E-state index is 12.1. The minimum absolute atomic E-state index is 0.284. The zero-order chi connectivity index (χ0) is 10.7. The van der Waals surface area contributed by atoms with E-state index in [1.807, 2.05) is 16.7 Å². The second-order valence-corrected chi connectivity index (χ2v) is 5.73. The summed E-state index contributed by atoms with van der Waals surface area (Å²) in [7, 11) is 0. The number of thioether (sulfide) groups is 1. The molecular weight excluding hydrogens is 208 g/mol. The fraction of sp³-hybridized carbons (Fsp3) is 0.909. The van der Waals surface area contributed by atoms with Gasteiger partial charge in [0.1, 0.15) is 0 Å². The first-order valence-electron chi connectivity index (χ1n) is 5.96. The first kappa shape index (κ1) is 11.1. The molecule has 2 rings (SSSR count). The molecule has 0 aromatic rings. The van der Waals surface area contributed by atoms with Crippen LogP contribution in [0.1, 0.15) is 26.2 Å². The van der Waals surface area contributed by atoms with E-state index >= 15 is 0 Å². The number of carbonyl (C=O) groups is 1. The van der Waals surface area contributed by atoms with Crippen LogP contribution in [0.15, 0.2) is 0 Å². The summed E-state index contributed by atoms with van der Waals surface area (Å²) in [5.41, 5.74) is 0. The van der Waals surface area contributed by atoms with E-state index in [0.29, 0.717) is 5.25 Å². The van der Waals surface area contributed by atoms with E-state index in [9.17, 15) is 4.79 Å². The molecule has 1 unspecified atom stereocenters. The number of amides is 2. The van der Waals surface area contributed by atoms with Gasteiger partial charge in [0, 0.05) is 37.2 Å². The first-order valence-corrected chi connectivity index (χ1v) is 7.01. The SMILES string of the molecule is CCC1CN(C(=O)N2CCCC2)CCS1. The van der Waals surface area contributed by atoms with Gasteiger partial charge in [-0.1, -0.05) is 6.92 Å². The molecule has 0 aliphatic carbocycles. The Morgan fingerprint density at radius 3 is 2.67 bits per heavy atom. The third kappa shape index (κ3) is 2.60. The monoisotopic (exact) mass is 228 g/mol. The molecule has 1 atom stereocenters. The van der Waals surface area contributed by atoms with Gasteiger partial charge in [0.05, 0.1) is 0 Å². The normalized spacial score (nSPS) is 27.1. The number of hydrogen-bond acceptors (Lipinski definition) is 2. The van der Waals surface area contributed by atoms with E-state index in [-0.39, 0.29) is 6.03 Å². The van der Waals surface area contributed by atoms with Gasteiger partial charge < -0.3 is 9.80 Å². The van der Waals surface area contributed by atoms with E-state index in [1.54, 1.807) is 0 Å². The second kappa shape index (κ2) is 5.10. The zero-order valence-corrected chi connectivity index (χ0v) is 10.3. The average molecular weight is 228 g/mol. The van der Waals surface area contributed by atoms with Crippen LogP contribution < -0.4 is 0 Å². The lowest BCUT2D eigenvalue weighted by atomic mass is 10.3. The van der Waals surface area contributed by atoms with E-state index in [2.05, 4.69) is 11.8 Å². The Balaban J connectivity index is 1.88. The highest BCUT2D eigenvalue weighted by Gasteiger charge is 2.27. The summed E-state index contributed by atoms with van der Waals surface area (Å²) in [6.07, 6.45) is 3.55. The maximum Gasteiger partial charge on any atom is 0.320 e. The average Bonchev–Trinajstić information content (AvgIpc) is 2.81. The van der Waals surface area contributed by atoms with Crippen LogP contribution in [0.3, 0.4) is 0 Å². The molecule has 4 heteroatoms. The number of hydrogen-bond donors (Lipinski definition) is 0. The molecule has 15 heavy (non-hydrogen) atoms. The van der Waals surface area contributed by atoms with Crippen molar-refractivity contribution in [1.82, 2.24) is 9.80 Å². The van der Waals surface area contributed by atoms with Gasteiger partial charge in [-0.05, 0) is 19.3 Å². The summed E-state index contributed by atoms with van der Waals surface area (Å²) >= 11 is 2.01. The second-order valence-electron chi connectivity index (χ2n) is 4.32. The number of likely N-dealkylation sites (tertiary alicyclic amines) is 1. The zero-order valence-electron chi connectivity index (χ0n) is 9.45. The van der Waals surface area contributed by atoms with Crippen LogP contribution >= 0.6 is 11.8 Å². The number of carbonyl (C=O) groups excluding carboxylic acids is 1. The Hall–Kier alpha value is -0.380. The number of rotatable bonds is 1. The van der Waals surface area contributed by atoms with Crippen molar-refractivity contribution in [2.75, 3.05) is 31.9 Å². The first-order chi connectivity index (χ1) is 7.31. The van der Waals surface area contributed by atoms with Gasteiger partial charge in [0.25, 0.3) is 0 Å². The van der Waals surface area contributed by atoms with Crippen molar-refractivity contribution >= 4 is 17.8 Å². The molecule has 2 heterocycles. The van der Waals surface area contributed by atoms with Crippen LogP contribution in [0.5, 0.6) is 0 Å². The lowest BCUT2D eigenvalue weighted by molar-refractivity contribution is 0.164. The molecule has 2 aliphatic rings. The Labute approximate surface area is 96.2 Å². The molecule has 0 aromatic carbocycles. The highest BCUT2D eigenvalue weighted by Crippen LogP contribution is 2.22. The molecule has 0 bridgehead atoms. The standard InChI is InChI=1S/C11H20N2OS/c1-2-10-9-13(7-8-15-10)11(14)12-5-3-4-6-12/h10H,2-9H2,1H3. The van der Waals surface area contributed by atoms with E-state index in [1.165, 1.54) is 19.3 Å². The van der Waals surface area contributed by atoms with Crippen molar-refractivity contribution in [1.29, 1.82) is 0 Å². The van der Waals surface area contributed by atoms with Crippen molar-refractivity contribution in [3.8, 4) is 0 Å². The van der Waals surface area contributed by atoms with Crippen LogP contribution in [0, 0.1) is 0 Å². The van der Waals surface area contributed by atoms with Crippen LogP contribution in [0.25, 0.3) is 0 Å². The maximum absolute atomic E-state index is 12.1. The quantitative estimate of drug-likeness (QED) is 0.685. The lowest BCUT2D eigenvalue weighted by Crippen LogP contribution is -2.47. The smallest absolute Gasteiger partial charge is 0.320 e. The molecule has 0 N–H and O–H groups in total. The minimum atomic E-state index is 0.284. The molecule has 86 valence electrons. The topological polar surface area (TPSA) is 23.6 Å². The summed E-state index contributed by atoms with van der Waals surface area (Å²) < 4.78 is 0. The minimum Gasteiger partial charge on any atom is -0.325 e. The summed E-state index contributed by atoms with van der Waals surface area (Å²) in [5, 5.41) is 0.658. The van der Waals surface area contributed by atoms with Crippen molar-refractivity contribution in [2.45, 2.75) is 31.4 Å². The molecule has 0 spiro atoms. The molecule has 0 radical (unpaired) electrons. The fourth-order valence-electron chi connectivity index (χ4n) is 2.25. The Morgan fingerprint density at radius 1 is 1.27 bits per heavy atom. The van der Waals surface area contributed by atoms with Gasteiger partial charge in [-0.3, -0.25) is 0 Å². The highest BCUT2D eigenvalue weighted by molar-refractivity contribution is 8.00. The van der Waals surface area contributed by atoms with E-state index in [0.717, 1.165) is 31.9 Å². The third-order valence-electron chi connectivity index (χ3n) is 3.24. The summed E-state index contributed by atoms with van der Waals surface area (Å²) in [4.78, 5) is 16.2. The van der Waals surface area contributed by atoms with Crippen LogP contribution in [0.2, 0.25) is 0 Å². The molecule has 2 aliphatic heterocycles. The summed E-state index contributed by atoms with van der Waals surface area (Å²) in [5.74, 6) is 1.11. The van der Waals surface area contributed by atoms with Crippen molar-refractivity contribution in [3.63, 3.8) is 0 Å². The summed E-state index contributed by atoms with van der Waals surface area (Å²) in [6, 6.07) is 0.284. The molecule has 3 nitrogen and oxygen atoms in total. The Bertz CT molecular complexity index is 229. The van der Waals surface area contributed by atoms with E-state index < -0.39 is 0 Å². The molecule has 2 fully saturated rings. The van der Waals surface area contributed by atoms with Crippen LogP contribution in [-0.4, -0.2) is 53.0 Å². The molecular formula is C11H20N2OS. The van der Waals surface area contributed by atoms with Crippen molar-refractivity contribution in [2.24, 2.45) is 0 Å². The molecule has 2 saturated heterocycles. The van der Waals surface area contributed by atoms with Crippen LogP contribution in [0.4, 0.5) is 4.79 Å². The predicted octanol–water partition coefficient (Wildman–Crippen LogP) is 2.03. The van der Waals surface area contributed by atoms with Gasteiger partial charge in [-0.2, -0.15) is 11.8 Å². The fourth-order valence-corrected chi connectivity index (χ4v) is 3.43. The number of nitrogens with zero attached hydrogens (tertiary/aromatic N) is 2. The lowest BCUT2D eigenvalue weighted by Gasteiger charge is -2.34. The largest absolute Gasteiger partial charge is 0.325 e. The number of urea groups is 1. The molecule has 2 amide bonds. The van der Waals surface area contributed by atoms with Gasteiger partial charge in [0.15, 0.2) is 0 Å². The Kier molecular flexibility index (Phi) is 3.78. The molecule has 0 aromatic heterocycles. The Morgan fingerprint density at radius 2 is 2.00 bits per heavy atom. The molecule has 0 saturated carbocycles. The third-order valence-corrected chi connectivity index (χ3v) is 4.61. The predicted molar refractivity (Wildman–Crippen MR) is 64.3 cm³/mol. The highest BCUT2D eigenvalue weighted by atomic mass is 32.2. The van der Waals surface area contributed by atoms with E-state index in [4.69, 9.17) is 0 Å². The van der Waals surface area contributed by atoms with Crippen molar-refractivity contribution in [3.05, 3.63) is 0 Å². The van der Waals surface area contributed by atoms with Gasteiger partial charge >= 0.3 is 6.03 Å². The van der Waals surface area contributed by atoms with Gasteiger partial charge in [-0.25, -0.2) is 4.79 Å². The summed E-state index contributed by atoms with van der Waals surface area (Å²) in [6.45, 7) is 6.05. The van der Waals surface area contributed by atoms with Gasteiger partial charge in [-0.15, -0.1) is 0 Å². The van der Waals surface area contributed by atoms with Crippen LogP contribution in [-0.2, 0) is 0 Å². The van der Waals surface area contributed by atoms with Gasteiger partial charge in [0.2, 0.25) is 0 Å².